The monoisotopic (exact) mass is 482 g/mol. The van der Waals surface area contributed by atoms with Crippen molar-refractivity contribution < 1.29 is 23.9 Å². The molecule has 7 nitrogen and oxygen atoms in total. The van der Waals surface area contributed by atoms with Gasteiger partial charge in [0.1, 0.15) is 25.8 Å². The Hall–Kier alpha value is -4.57. The van der Waals surface area contributed by atoms with Crippen molar-refractivity contribution in [3.05, 3.63) is 95.6 Å². The molecular formula is C29H26N2O5. The van der Waals surface area contributed by atoms with Crippen LogP contribution in [0.4, 0.5) is 4.79 Å². The number of esters is 1. The van der Waals surface area contributed by atoms with Crippen molar-refractivity contribution in [3.8, 4) is 23.5 Å². The summed E-state index contributed by atoms with van der Waals surface area (Å²) in [7, 11) is 0. The van der Waals surface area contributed by atoms with E-state index in [1.807, 2.05) is 78.9 Å². The number of carbonyl (C=O) groups excluding carboxylic acids is 3. The molecule has 0 aliphatic heterocycles. The molecule has 1 unspecified atom stereocenters. The minimum absolute atomic E-state index is 0.0604. The molecule has 1 aliphatic carbocycles. The van der Waals surface area contributed by atoms with E-state index in [0.717, 1.165) is 27.8 Å². The average molecular weight is 483 g/mol. The summed E-state index contributed by atoms with van der Waals surface area (Å²) in [6, 6.07) is 24.1. The second-order valence-corrected chi connectivity index (χ2v) is 8.29. The van der Waals surface area contributed by atoms with Crippen LogP contribution in [0.1, 0.15) is 29.0 Å². The first-order valence-corrected chi connectivity index (χ1v) is 11.6. The molecule has 3 aromatic rings. The van der Waals surface area contributed by atoms with Crippen LogP contribution in [0.3, 0.4) is 0 Å². The van der Waals surface area contributed by atoms with Gasteiger partial charge in [-0.15, -0.1) is 12.3 Å². The summed E-state index contributed by atoms with van der Waals surface area (Å²) >= 11 is 0. The minimum atomic E-state index is -1.05. The number of hydrogen-bond acceptors (Lipinski definition) is 5. The Kier molecular flexibility index (Phi) is 7.99. The van der Waals surface area contributed by atoms with Gasteiger partial charge in [-0.05, 0) is 27.8 Å². The summed E-state index contributed by atoms with van der Waals surface area (Å²) in [5.74, 6) is 1.05. The molecule has 2 amide bonds. The molecule has 4 rings (SSSR count). The Bertz CT molecular complexity index is 1240. The van der Waals surface area contributed by atoms with Gasteiger partial charge >= 0.3 is 12.1 Å². The maximum Gasteiger partial charge on any atom is 0.407 e. The van der Waals surface area contributed by atoms with Crippen molar-refractivity contribution in [2.45, 2.75) is 25.0 Å². The molecule has 1 atom stereocenters. The van der Waals surface area contributed by atoms with Crippen molar-refractivity contribution >= 4 is 18.0 Å². The smallest absolute Gasteiger partial charge is 0.407 e. The van der Waals surface area contributed by atoms with Crippen LogP contribution in [0, 0.1) is 12.3 Å². The highest BCUT2D eigenvalue weighted by molar-refractivity contribution is 5.88. The molecule has 0 bridgehead atoms. The van der Waals surface area contributed by atoms with Gasteiger partial charge in [0.15, 0.2) is 0 Å². The molecule has 0 spiro atoms. The maximum absolute atomic E-state index is 12.6. The van der Waals surface area contributed by atoms with E-state index in [1.54, 1.807) is 0 Å². The Morgan fingerprint density at radius 1 is 0.861 bits per heavy atom. The lowest BCUT2D eigenvalue weighted by Crippen LogP contribution is -2.48. The quantitative estimate of drug-likeness (QED) is 0.358. The van der Waals surface area contributed by atoms with Crippen molar-refractivity contribution in [1.82, 2.24) is 10.6 Å². The number of amides is 2. The highest BCUT2D eigenvalue weighted by Crippen LogP contribution is 2.44. The first-order valence-electron chi connectivity index (χ1n) is 11.6. The SMILES string of the molecule is C#CCC(NC(=O)OCC1c2ccccc2-c2ccccc21)C(=O)NCC(=O)OCc1ccccc1. The molecule has 182 valence electrons. The van der Waals surface area contributed by atoms with E-state index < -0.39 is 24.0 Å². The topological polar surface area (TPSA) is 93.7 Å². The highest BCUT2D eigenvalue weighted by atomic mass is 16.5. The lowest BCUT2D eigenvalue weighted by Gasteiger charge is -2.18. The Morgan fingerprint density at radius 3 is 2.11 bits per heavy atom. The van der Waals surface area contributed by atoms with Crippen LogP contribution in [-0.4, -0.2) is 37.2 Å². The third-order valence-electron chi connectivity index (χ3n) is 5.92. The van der Waals surface area contributed by atoms with E-state index in [4.69, 9.17) is 15.9 Å². The number of carbonyl (C=O) groups is 3. The van der Waals surface area contributed by atoms with Crippen molar-refractivity contribution in [2.24, 2.45) is 0 Å². The van der Waals surface area contributed by atoms with Crippen molar-refractivity contribution in [3.63, 3.8) is 0 Å². The first-order chi connectivity index (χ1) is 17.6. The molecular weight excluding hydrogens is 456 g/mol. The molecule has 0 fully saturated rings. The average Bonchev–Trinajstić information content (AvgIpc) is 3.23. The van der Waals surface area contributed by atoms with E-state index in [0.29, 0.717) is 0 Å². The summed E-state index contributed by atoms with van der Waals surface area (Å²) in [5.41, 5.74) is 5.23. The minimum Gasteiger partial charge on any atom is -0.460 e. The zero-order valence-electron chi connectivity index (χ0n) is 19.6. The van der Waals surface area contributed by atoms with Crippen LogP contribution in [0.25, 0.3) is 11.1 Å². The number of terminal acetylenes is 1. The van der Waals surface area contributed by atoms with Crippen LogP contribution in [0.5, 0.6) is 0 Å². The van der Waals surface area contributed by atoms with E-state index in [-0.39, 0.29) is 32.1 Å². The van der Waals surface area contributed by atoms with Crippen LogP contribution < -0.4 is 10.6 Å². The summed E-state index contributed by atoms with van der Waals surface area (Å²) in [4.78, 5) is 37.1. The summed E-state index contributed by atoms with van der Waals surface area (Å²) in [6.45, 7) is -0.142. The molecule has 36 heavy (non-hydrogen) atoms. The molecule has 1 aliphatic rings. The fourth-order valence-electron chi connectivity index (χ4n) is 4.18. The van der Waals surface area contributed by atoms with Gasteiger partial charge in [0.2, 0.25) is 5.91 Å². The lowest BCUT2D eigenvalue weighted by molar-refractivity contribution is -0.145. The van der Waals surface area contributed by atoms with Crippen molar-refractivity contribution in [2.75, 3.05) is 13.2 Å². The molecule has 2 N–H and O–H groups in total. The third-order valence-corrected chi connectivity index (χ3v) is 5.92. The Balaban J connectivity index is 1.28. The van der Waals surface area contributed by atoms with Gasteiger partial charge in [-0.2, -0.15) is 0 Å². The molecule has 7 heteroatoms. The van der Waals surface area contributed by atoms with Gasteiger partial charge in [-0.3, -0.25) is 9.59 Å². The van der Waals surface area contributed by atoms with Gasteiger partial charge in [0, 0.05) is 12.3 Å². The fraction of sp³-hybridized carbons (Fsp3) is 0.207. The summed E-state index contributed by atoms with van der Waals surface area (Å²) in [6.07, 6.45) is 4.55. The zero-order valence-corrected chi connectivity index (χ0v) is 19.6. The predicted molar refractivity (Wildman–Crippen MR) is 135 cm³/mol. The molecule has 0 aromatic heterocycles. The largest absolute Gasteiger partial charge is 0.460 e. The van der Waals surface area contributed by atoms with E-state index in [9.17, 15) is 14.4 Å². The molecule has 3 aromatic carbocycles. The van der Waals surface area contributed by atoms with Crippen LogP contribution in [0.15, 0.2) is 78.9 Å². The predicted octanol–water partition coefficient (Wildman–Crippen LogP) is 3.78. The molecule has 0 radical (unpaired) electrons. The summed E-state index contributed by atoms with van der Waals surface area (Å²) < 4.78 is 10.6. The third kappa shape index (κ3) is 5.91. The second-order valence-electron chi connectivity index (χ2n) is 8.29. The van der Waals surface area contributed by atoms with Gasteiger partial charge in [-0.1, -0.05) is 78.9 Å². The molecule has 0 saturated carbocycles. The highest BCUT2D eigenvalue weighted by Gasteiger charge is 2.29. The molecule has 0 saturated heterocycles. The number of rotatable bonds is 9. The number of fused-ring (bicyclic) bond motifs is 3. The number of nitrogens with one attached hydrogen (secondary N) is 2. The fourth-order valence-corrected chi connectivity index (χ4v) is 4.18. The van der Waals surface area contributed by atoms with Gasteiger partial charge in [0.05, 0.1) is 0 Å². The van der Waals surface area contributed by atoms with Gasteiger partial charge in [-0.25, -0.2) is 4.79 Å². The van der Waals surface area contributed by atoms with Gasteiger partial charge < -0.3 is 20.1 Å². The number of alkyl carbamates (subject to hydrolysis) is 1. The maximum atomic E-state index is 12.6. The van der Waals surface area contributed by atoms with E-state index >= 15 is 0 Å². The second kappa shape index (κ2) is 11.7. The van der Waals surface area contributed by atoms with Crippen LogP contribution in [0.2, 0.25) is 0 Å². The van der Waals surface area contributed by atoms with Crippen molar-refractivity contribution in [1.29, 1.82) is 0 Å². The standard InChI is InChI=1S/C29H26N2O5/c1-2-10-26(28(33)30-17-27(32)35-18-20-11-4-3-5-12-20)31-29(34)36-19-25-23-15-8-6-13-21(23)22-14-7-9-16-24(22)25/h1,3-9,11-16,25-26H,10,17-19H2,(H,30,33)(H,31,34). The Morgan fingerprint density at radius 2 is 1.47 bits per heavy atom. The number of hydrogen-bond donors (Lipinski definition) is 2. The zero-order chi connectivity index (χ0) is 25.3. The van der Waals surface area contributed by atoms with Gasteiger partial charge in [0.25, 0.3) is 0 Å². The normalized spacial score (nSPS) is 12.4. The molecule has 0 heterocycles. The number of benzene rings is 3. The number of ether oxygens (including phenoxy) is 2. The van der Waals surface area contributed by atoms with E-state index in [2.05, 4.69) is 16.6 Å². The van der Waals surface area contributed by atoms with Crippen LogP contribution >= 0.6 is 0 Å². The van der Waals surface area contributed by atoms with Crippen LogP contribution in [-0.2, 0) is 25.7 Å². The lowest BCUT2D eigenvalue weighted by atomic mass is 9.98. The Labute approximate surface area is 209 Å². The summed E-state index contributed by atoms with van der Waals surface area (Å²) in [5, 5.41) is 4.96. The first kappa shape index (κ1) is 24.6. The van der Waals surface area contributed by atoms with E-state index in [1.165, 1.54) is 0 Å².